The molecule has 1 aromatic carbocycles. The summed E-state index contributed by atoms with van der Waals surface area (Å²) in [6, 6.07) is 8.73. The van der Waals surface area contributed by atoms with Crippen molar-refractivity contribution in [2.45, 2.75) is 43.2 Å². The van der Waals surface area contributed by atoms with Crippen LogP contribution in [0.2, 0.25) is 0 Å². The Bertz CT molecular complexity index is 876. The summed E-state index contributed by atoms with van der Waals surface area (Å²) in [6.07, 6.45) is 1.28. The lowest BCUT2D eigenvalue weighted by Gasteiger charge is -2.31. The van der Waals surface area contributed by atoms with Crippen LogP contribution in [0.1, 0.15) is 35.8 Å². The van der Waals surface area contributed by atoms with E-state index in [2.05, 4.69) is 15.3 Å². The van der Waals surface area contributed by atoms with Crippen LogP contribution in [-0.2, 0) is 16.6 Å². The molecule has 0 radical (unpaired) electrons. The van der Waals surface area contributed by atoms with E-state index < -0.39 is 10.0 Å². The third kappa shape index (κ3) is 4.03. The average Bonchev–Trinajstić information content (AvgIpc) is 2.57. The van der Waals surface area contributed by atoms with Crippen LogP contribution in [0.3, 0.4) is 0 Å². The number of aromatic nitrogens is 2. The summed E-state index contributed by atoms with van der Waals surface area (Å²) in [5.41, 5.74) is 1.91. The van der Waals surface area contributed by atoms with Crippen LogP contribution in [0.15, 0.2) is 35.2 Å². The zero-order chi connectivity index (χ0) is 18.9. The van der Waals surface area contributed by atoms with Crippen molar-refractivity contribution >= 4 is 15.8 Å². The monoisotopic (exact) mass is 376 g/mol. The number of aryl methyl sites for hydroxylation is 1. The molecule has 0 bridgehead atoms. The number of benzene rings is 1. The molecule has 8 heteroatoms. The van der Waals surface area contributed by atoms with Crippen LogP contribution in [-0.4, -0.2) is 48.0 Å². The highest BCUT2D eigenvalue weighted by Crippen LogP contribution is 2.36. The largest absolute Gasteiger partial charge is 0.393 e. The van der Waals surface area contributed by atoms with Crippen molar-refractivity contribution in [3.8, 4) is 0 Å². The fraction of sp³-hybridized carbons (Fsp3) is 0.444. The van der Waals surface area contributed by atoms with E-state index in [1.807, 2.05) is 13.0 Å². The molecular weight excluding hydrogens is 352 g/mol. The third-order valence-electron chi connectivity index (χ3n) is 4.56. The van der Waals surface area contributed by atoms with Gasteiger partial charge in [0, 0.05) is 38.3 Å². The molecule has 1 heterocycles. The van der Waals surface area contributed by atoms with Crippen molar-refractivity contribution in [3.63, 3.8) is 0 Å². The van der Waals surface area contributed by atoms with Gasteiger partial charge >= 0.3 is 0 Å². The number of hydrogen-bond donors (Lipinski definition) is 2. The molecule has 7 nitrogen and oxygen atoms in total. The molecule has 0 atom stereocenters. The first-order valence-electron chi connectivity index (χ1n) is 8.54. The van der Waals surface area contributed by atoms with Gasteiger partial charge in [0.25, 0.3) is 0 Å². The van der Waals surface area contributed by atoms with E-state index in [9.17, 15) is 13.5 Å². The molecule has 1 aromatic heterocycles. The predicted molar refractivity (Wildman–Crippen MR) is 99.4 cm³/mol. The minimum Gasteiger partial charge on any atom is -0.393 e. The van der Waals surface area contributed by atoms with E-state index >= 15 is 0 Å². The third-order valence-corrected chi connectivity index (χ3v) is 6.39. The summed E-state index contributed by atoms with van der Waals surface area (Å²) in [7, 11) is -0.381. The normalized spacial score (nSPS) is 20.0. The Balaban J connectivity index is 1.67. The summed E-state index contributed by atoms with van der Waals surface area (Å²) in [4.78, 5) is 9.14. The van der Waals surface area contributed by atoms with Crippen LogP contribution >= 0.6 is 0 Å². The van der Waals surface area contributed by atoms with Gasteiger partial charge in [-0.15, -0.1) is 0 Å². The zero-order valence-electron chi connectivity index (χ0n) is 15.2. The molecule has 0 amide bonds. The van der Waals surface area contributed by atoms with E-state index in [0.717, 1.165) is 29.9 Å². The number of sulfonamides is 1. The van der Waals surface area contributed by atoms with Crippen molar-refractivity contribution in [3.05, 3.63) is 47.4 Å². The van der Waals surface area contributed by atoms with Gasteiger partial charge in [-0.1, -0.05) is 12.1 Å². The Kier molecular flexibility index (Phi) is 5.27. The first-order valence-corrected chi connectivity index (χ1v) is 9.98. The lowest BCUT2D eigenvalue weighted by Crippen LogP contribution is -2.27. The topological polar surface area (TPSA) is 95.4 Å². The molecule has 3 rings (SSSR count). The van der Waals surface area contributed by atoms with Crippen LogP contribution in [0.4, 0.5) is 5.82 Å². The van der Waals surface area contributed by atoms with Gasteiger partial charge in [-0.05, 0) is 37.5 Å². The van der Waals surface area contributed by atoms with Gasteiger partial charge in [0.1, 0.15) is 11.6 Å². The highest BCUT2D eigenvalue weighted by molar-refractivity contribution is 7.89. The number of anilines is 1. The van der Waals surface area contributed by atoms with Crippen molar-refractivity contribution in [1.82, 2.24) is 14.3 Å². The molecular formula is C18H24N4O3S. The summed E-state index contributed by atoms with van der Waals surface area (Å²) < 4.78 is 25.4. The molecule has 2 N–H and O–H groups in total. The Morgan fingerprint density at radius 3 is 2.42 bits per heavy atom. The summed E-state index contributed by atoms with van der Waals surface area (Å²) in [6.45, 7) is 2.39. The molecule has 1 aliphatic rings. The fourth-order valence-electron chi connectivity index (χ4n) is 2.90. The number of hydrogen-bond acceptors (Lipinski definition) is 6. The second-order valence-corrected chi connectivity index (χ2v) is 8.98. The molecule has 0 unspecified atom stereocenters. The number of aliphatic hydroxyl groups excluding tert-OH is 1. The molecule has 0 saturated heterocycles. The summed E-state index contributed by atoms with van der Waals surface area (Å²) in [5.74, 6) is 1.72. The average molecular weight is 376 g/mol. The van der Waals surface area contributed by atoms with Crippen LogP contribution in [0.25, 0.3) is 0 Å². The van der Waals surface area contributed by atoms with Crippen LogP contribution in [0, 0.1) is 6.92 Å². The van der Waals surface area contributed by atoms with Crippen LogP contribution < -0.4 is 5.32 Å². The van der Waals surface area contributed by atoms with Crippen LogP contribution in [0.5, 0.6) is 0 Å². The Morgan fingerprint density at radius 1 is 1.19 bits per heavy atom. The van der Waals surface area contributed by atoms with Crippen molar-refractivity contribution < 1.29 is 13.5 Å². The van der Waals surface area contributed by atoms with Gasteiger partial charge in [0.2, 0.25) is 10.0 Å². The maximum Gasteiger partial charge on any atom is 0.242 e. The first-order chi connectivity index (χ1) is 12.3. The SMILES string of the molecule is Cc1nc(NCc2ccc(S(=O)(=O)N(C)C)cc2)cc(C2CC(O)C2)n1. The summed E-state index contributed by atoms with van der Waals surface area (Å²) >= 11 is 0. The van der Waals surface area contributed by atoms with E-state index in [1.54, 1.807) is 24.3 Å². The van der Waals surface area contributed by atoms with Gasteiger partial charge in [0.05, 0.1) is 11.0 Å². The van der Waals surface area contributed by atoms with E-state index in [4.69, 9.17) is 0 Å². The fourth-order valence-corrected chi connectivity index (χ4v) is 3.80. The van der Waals surface area contributed by atoms with E-state index in [0.29, 0.717) is 18.3 Å². The second-order valence-electron chi connectivity index (χ2n) is 6.83. The van der Waals surface area contributed by atoms with Crippen molar-refractivity contribution in [2.24, 2.45) is 0 Å². The quantitative estimate of drug-likeness (QED) is 0.799. The zero-order valence-corrected chi connectivity index (χ0v) is 16.0. The van der Waals surface area contributed by atoms with E-state index in [-0.39, 0.29) is 11.0 Å². The smallest absolute Gasteiger partial charge is 0.242 e. The molecule has 0 spiro atoms. The van der Waals surface area contributed by atoms with Gasteiger partial charge < -0.3 is 10.4 Å². The van der Waals surface area contributed by atoms with Gasteiger partial charge in [-0.25, -0.2) is 22.7 Å². The second kappa shape index (κ2) is 7.30. The molecule has 1 saturated carbocycles. The molecule has 0 aliphatic heterocycles. The standard InChI is InChI=1S/C18H24N4O3S/c1-12-20-17(14-8-15(23)9-14)10-18(21-12)19-11-13-4-6-16(7-5-13)26(24,25)22(2)3/h4-7,10,14-15,23H,8-9,11H2,1-3H3,(H,19,20,21). The maximum atomic E-state index is 12.1. The van der Waals surface area contributed by atoms with Gasteiger partial charge in [0.15, 0.2) is 0 Å². The van der Waals surface area contributed by atoms with E-state index in [1.165, 1.54) is 18.4 Å². The number of rotatable bonds is 6. The highest BCUT2D eigenvalue weighted by Gasteiger charge is 2.30. The molecule has 1 aliphatic carbocycles. The lowest BCUT2D eigenvalue weighted by atomic mass is 9.80. The highest BCUT2D eigenvalue weighted by atomic mass is 32.2. The van der Waals surface area contributed by atoms with Crippen molar-refractivity contribution in [1.29, 1.82) is 0 Å². The Hall–Kier alpha value is -2.03. The molecule has 2 aromatic rings. The number of nitrogens with zero attached hydrogens (tertiary/aromatic N) is 3. The Morgan fingerprint density at radius 2 is 1.85 bits per heavy atom. The molecule has 26 heavy (non-hydrogen) atoms. The van der Waals surface area contributed by atoms with Crippen molar-refractivity contribution in [2.75, 3.05) is 19.4 Å². The summed E-state index contributed by atoms with van der Waals surface area (Å²) in [5, 5.41) is 12.7. The Labute approximate surface area is 154 Å². The number of nitrogens with one attached hydrogen (secondary N) is 1. The minimum absolute atomic E-state index is 0.219. The molecule has 140 valence electrons. The lowest BCUT2D eigenvalue weighted by molar-refractivity contribution is 0.0731. The van der Waals surface area contributed by atoms with Gasteiger partial charge in [-0.3, -0.25) is 0 Å². The first kappa shape index (κ1) is 18.8. The van der Waals surface area contributed by atoms with Gasteiger partial charge in [-0.2, -0.15) is 0 Å². The maximum absolute atomic E-state index is 12.1. The minimum atomic E-state index is -3.41. The number of aliphatic hydroxyl groups is 1. The molecule has 1 fully saturated rings. The predicted octanol–water partition coefficient (Wildman–Crippen LogP) is 1.89.